The second-order valence-electron chi connectivity index (χ2n) is 6.61. The topological polar surface area (TPSA) is 83.6 Å². The summed E-state index contributed by atoms with van der Waals surface area (Å²) in [5, 5.41) is 23.3. The fourth-order valence-corrected chi connectivity index (χ4v) is 5.18. The van der Waals surface area contributed by atoms with Crippen molar-refractivity contribution in [2.75, 3.05) is 16.8 Å². The zero-order valence-corrected chi connectivity index (χ0v) is 19.4. The summed E-state index contributed by atoms with van der Waals surface area (Å²) in [4.78, 5) is 14.7. The summed E-state index contributed by atoms with van der Waals surface area (Å²) >= 11 is 4.43. The van der Waals surface area contributed by atoms with Gasteiger partial charge in [-0.05, 0) is 35.7 Å². The summed E-state index contributed by atoms with van der Waals surface area (Å²) in [6, 6.07) is 23.6. The lowest BCUT2D eigenvalue weighted by atomic mass is 10.3. The number of rotatable bonds is 9. The quantitative estimate of drug-likeness (QED) is 0.331. The minimum absolute atomic E-state index is 0.137. The molecule has 6 nitrogen and oxygen atoms in total. The summed E-state index contributed by atoms with van der Waals surface area (Å²) in [6.07, 6.45) is 0.676. The number of carbonyl (C=O) groups excluding carboxylic acids is 1. The summed E-state index contributed by atoms with van der Waals surface area (Å²) in [7, 11) is 0. The fourth-order valence-electron chi connectivity index (χ4n) is 3.04. The third kappa shape index (κ3) is 5.59. The van der Waals surface area contributed by atoms with Crippen molar-refractivity contribution in [3.8, 4) is 11.8 Å². The van der Waals surface area contributed by atoms with Crippen LogP contribution in [0.2, 0.25) is 0 Å². The Bertz CT molecular complexity index is 1220. The van der Waals surface area contributed by atoms with E-state index in [1.54, 1.807) is 11.3 Å². The van der Waals surface area contributed by atoms with Gasteiger partial charge in [0.2, 0.25) is 5.91 Å². The van der Waals surface area contributed by atoms with Crippen LogP contribution >= 0.6 is 34.9 Å². The number of hydrogen-bond acceptors (Lipinski definition) is 7. The van der Waals surface area contributed by atoms with Gasteiger partial charge < -0.3 is 5.32 Å². The molecule has 0 bridgehead atoms. The molecule has 0 saturated heterocycles. The molecule has 0 saturated carbocycles. The van der Waals surface area contributed by atoms with E-state index in [0.29, 0.717) is 23.0 Å². The van der Waals surface area contributed by atoms with Crippen molar-refractivity contribution in [2.24, 2.45) is 0 Å². The van der Waals surface area contributed by atoms with E-state index in [9.17, 15) is 4.79 Å². The number of thiophene rings is 1. The van der Waals surface area contributed by atoms with Crippen LogP contribution in [0.1, 0.15) is 10.7 Å². The lowest BCUT2D eigenvalue weighted by molar-refractivity contribution is -0.113. The maximum absolute atomic E-state index is 12.7. The average Bonchev–Trinajstić information content (AvgIpc) is 3.48. The Morgan fingerprint density at radius 3 is 2.62 bits per heavy atom. The summed E-state index contributed by atoms with van der Waals surface area (Å²) in [5.41, 5.74) is 1.67. The number of nitrogens with one attached hydrogen (secondary N) is 1. The number of amides is 1. The highest BCUT2D eigenvalue weighted by molar-refractivity contribution is 8.00. The maximum Gasteiger partial charge on any atom is 0.234 e. The van der Waals surface area contributed by atoms with Gasteiger partial charge in [-0.1, -0.05) is 48.2 Å². The Labute approximate surface area is 198 Å². The van der Waals surface area contributed by atoms with Crippen molar-refractivity contribution in [3.63, 3.8) is 0 Å². The van der Waals surface area contributed by atoms with Gasteiger partial charge >= 0.3 is 0 Å². The fraction of sp³-hybridized carbons (Fsp3) is 0.130. The van der Waals surface area contributed by atoms with Crippen molar-refractivity contribution in [1.82, 2.24) is 14.8 Å². The van der Waals surface area contributed by atoms with Gasteiger partial charge in [0.25, 0.3) is 0 Å². The minimum Gasteiger partial charge on any atom is -0.324 e. The molecule has 4 aromatic rings. The Kier molecular flexibility index (Phi) is 7.61. The van der Waals surface area contributed by atoms with Crippen LogP contribution in [0.5, 0.6) is 0 Å². The highest BCUT2D eigenvalue weighted by Crippen LogP contribution is 2.28. The Hall–Kier alpha value is -3.06. The molecular weight excluding hydrogens is 458 g/mol. The first-order chi connectivity index (χ1) is 15.7. The second kappa shape index (κ2) is 11.0. The van der Waals surface area contributed by atoms with Gasteiger partial charge in [-0.25, -0.2) is 0 Å². The van der Waals surface area contributed by atoms with Gasteiger partial charge in [-0.3, -0.25) is 9.36 Å². The number of aromatic nitrogens is 3. The van der Waals surface area contributed by atoms with Crippen LogP contribution in [0.15, 0.2) is 82.2 Å². The van der Waals surface area contributed by atoms with Crippen molar-refractivity contribution < 1.29 is 4.79 Å². The molecule has 0 unspecified atom stereocenters. The number of anilines is 1. The van der Waals surface area contributed by atoms with Crippen molar-refractivity contribution >= 4 is 46.5 Å². The van der Waals surface area contributed by atoms with Crippen LogP contribution in [0.25, 0.3) is 5.69 Å². The second-order valence-corrected chi connectivity index (χ2v) is 9.60. The first kappa shape index (κ1) is 22.1. The lowest BCUT2D eigenvalue weighted by Crippen LogP contribution is -2.15. The molecule has 0 atom stereocenters. The average molecular weight is 478 g/mol. The lowest BCUT2D eigenvalue weighted by Gasteiger charge is -2.11. The molecule has 0 spiro atoms. The number of nitriles is 1. The molecule has 1 N–H and O–H groups in total. The van der Waals surface area contributed by atoms with Gasteiger partial charge in [0, 0.05) is 21.9 Å². The van der Waals surface area contributed by atoms with Gasteiger partial charge in [-0.15, -0.1) is 33.3 Å². The molecule has 160 valence electrons. The van der Waals surface area contributed by atoms with Crippen LogP contribution in [0, 0.1) is 11.3 Å². The summed E-state index contributed by atoms with van der Waals surface area (Å²) in [6.45, 7) is 0. The van der Waals surface area contributed by atoms with Gasteiger partial charge in [0.1, 0.15) is 5.82 Å². The first-order valence-corrected chi connectivity index (χ1v) is 12.6. The molecule has 4 rings (SSSR count). The predicted octanol–water partition coefficient (Wildman–Crippen LogP) is 5.27. The van der Waals surface area contributed by atoms with E-state index in [-0.39, 0.29) is 11.7 Å². The first-order valence-electron chi connectivity index (χ1n) is 9.78. The molecule has 0 fully saturated rings. The third-order valence-electron chi connectivity index (χ3n) is 4.41. The number of para-hydroxylation sites is 2. The standard InChI is InChI=1S/C23H19N5OS3/c24-12-14-31-20-11-5-4-10-19(20)25-22(29)16-32-23-27-26-21(15-18-9-6-13-30-18)28(23)17-7-2-1-3-8-17/h1-11,13H,14-16H2,(H,25,29). The van der Waals surface area contributed by atoms with Crippen LogP contribution in [0.3, 0.4) is 0 Å². The molecule has 2 aromatic carbocycles. The number of hydrogen-bond donors (Lipinski definition) is 1. The van der Waals surface area contributed by atoms with E-state index in [2.05, 4.69) is 27.6 Å². The van der Waals surface area contributed by atoms with Gasteiger partial charge in [0.05, 0.1) is 23.3 Å². The third-order valence-corrected chi connectivity index (χ3v) is 7.16. The molecule has 0 aliphatic heterocycles. The van der Waals surface area contributed by atoms with Gasteiger partial charge in [-0.2, -0.15) is 5.26 Å². The summed E-state index contributed by atoms with van der Waals surface area (Å²) in [5.74, 6) is 1.22. The Morgan fingerprint density at radius 1 is 1.03 bits per heavy atom. The van der Waals surface area contributed by atoms with Crippen LogP contribution in [-0.2, 0) is 11.2 Å². The van der Waals surface area contributed by atoms with E-state index in [4.69, 9.17) is 5.26 Å². The van der Waals surface area contributed by atoms with E-state index in [1.807, 2.05) is 70.6 Å². The van der Waals surface area contributed by atoms with Crippen molar-refractivity contribution in [2.45, 2.75) is 16.5 Å². The van der Waals surface area contributed by atoms with E-state index in [0.717, 1.165) is 16.4 Å². The minimum atomic E-state index is -0.137. The predicted molar refractivity (Wildman–Crippen MR) is 131 cm³/mol. The summed E-state index contributed by atoms with van der Waals surface area (Å²) < 4.78 is 2.01. The molecule has 2 aromatic heterocycles. The smallest absolute Gasteiger partial charge is 0.234 e. The number of carbonyl (C=O) groups is 1. The number of nitrogens with zero attached hydrogens (tertiary/aromatic N) is 4. The molecule has 0 aliphatic carbocycles. The molecule has 0 aliphatic rings. The highest BCUT2D eigenvalue weighted by Gasteiger charge is 2.17. The van der Waals surface area contributed by atoms with Crippen molar-refractivity contribution in [1.29, 1.82) is 5.26 Å². The van der Waals surface area contributed by atoms with Crippen LogP contribution in [-0.4, -0.2) is 32.2 Å². The maximum atomic E-state index is 12.7. The monoisotopic (exact) mass is 477 g/mol. The molecule has 0 radical (unpaired) electrons. The zero-order chi connectivity index (χ0) is 22.2. The van der Waals surface area contributed by atoms with E-state index >= 15 is 0 Å². The molecule has 2 heterocycles. The SMILES string of the molecule is N#CCSc1ccccc1NC(=O)CSc1nnc(Cc2cccs2)n1-c1ccccc1. The largest absolute Gasteiger partial charge is 0.324 e. The normalized spacial score (nSPS) is 10.6. The molecule has 1 amide bonds. The van der Waals surface area contributed by atoms with Crippen molar-refractivity contribution in [3.05, 3.63) is 82.8 Å². The molecule has 9 heteroatoms. The van der Waals surface area contributed by atoms with E-state index in [1.165, 1.54) is 28.4 Å². The number of thioether (sulfide) groups is 2. The van der Waals surface area contributed by atoms with Crippen LogP contribution in [0.4, 0.5) is 5.69 Å². The zero-order valence-electron chi connectivity index (χ0n) is 17.0. The highest BCUT2D eigenvalue weighted by atomic mass is 32.2. The Balaban J connectivity index is 1.49. The molecule has 32 heavy (non-hydrogen) atoms. The van der Waals surface area contributed by atoms with E-state index < -0.39 is 0 Å². The number of benzene rings is 2. The molecular formula is C23H19N5OS3. The van der Waals surface area contributed by atoms with Gasteiger partial charge in [0.15, 0.2) is 5.16 Å². The Morgan fingerprint density at radius 2 is 1.84 bits per heavy atom. The van der Waals surface area contributed by atoms with Crippen LogP contribution < -0.4 is 5.32 Å².